The van der Waals surface area contributed by atoms with Gasteiger partial charge >= 0.3 is 0 Å². The molecule has 0 atom stereocenters. The Hall–Kier alpha value is -2.10. The lowest BCUT2D eigenvalue weighted by molar-refractivity contribution is 0.0466. The second-order valence-corrected chi connectivity index (χ2v) is 5.85. The van der Waals surface area contributed by atoms with Gasteiger partial charge in [0.05, 0.1) is 5.69 Å². The number of likely N-dealkylation sites (tertiary alicyclic amines) is 1. The Morgan fingerprint density at radius 2 is 2.00 bits per heavy atom. The van der Waals surface area contributed by atoms with E-state index in [1.165, 1.54) is 11.1 Å². The maximum Gasteiger partial charge on any atom is 0.291 e. The molecular formula is C17H20N2O2. The van der Waals surface area contributed by atoms with E-state index >= 15 is 0 Å². The highest BCUT2D eigenvalue weighted by molar-refractivity contribution is 5.93. The van der Waals surface area contributed by atoms with Crippen molar-refractivity contribution in [2.45, 2.75) is 27.2 Å². The average molecular weight is 284 g/mol. The zero-order valence-electron chi connectivity index (χ0n) is 12.7. The van der Waals surface area contributed by atoms with Crippen molar-refractivity contribution in [3.8, 4) is 0 Å². The number of benzene rings is 1. The molecule has 0 spiro atoms. The van der Waals surface area contributed by atoms with Gasteiger partial charge in [-0.15, -0.1) is 0 Å². The van der Waals surface area contributed by atoms with Crippen LogP contribution in [0.1, 0.15) is 33.3 Å². The predicted octanol–water partition coefficient (Wildman–Crippen LogP) is 2.91. The second kappa shape index (κ2) is 5.35. The zero-order valence-corrected chi connectivity index (χ0v) is 12.7. The zero-order chi connectivity index (χ0) is 15.0. The van der Waals surface area contributed by atoms with Crippen LogP contribution in [0.2, 0.25) is 0 Å². The van der Waals surface area contributed by atoms with E-state index in [9.17, 15) is 4.79 Å². The fraction of sp³-hybridized carbons (Fsp3) is 0.412. The average Bonchev–Trinajstić information content (AvgIpc) is 2.74. The molecule has 1 aliphatic heterocycles. The lowest BCUT2D eigenvalue weighted by atomic mass is 9.90. The van der Waals surface area contributed by atoms with Crippen molar-refractivity contribution in [1.82, 2.24) is 9.88 Å². The minimum Gasteiger partial charge on any atom is -0.436 e. The van der Waals surface area contributed by atoms with Crippen LogP contribution in [0.15, 0.2) is 28.7 Å². The van der Waals surface area contributed by atoms with Gasteiger partial charge in [0, 0.05) is 20.0 Å². The van der Waals surface area contributed by atoms with E-state index in [1.54, 1.807) is 6.92 Å². The van der Waals surface area contributed by atoms with Crippen molar-refractivity contribution in [3.63, 3.8) is 0 Å². The van der Waals surface area contributed by atoms with Gasteiger partial charge in [0.15, 0.2) is 5.89 Å². The largest absolute Gasteiger partial charge is 0.436 e. The Kier molecular flexibility index (Phi) is 3.53. The van der Waals surface area contributed by atoms with E-state index in [1.807, 2.05) is 11.8 Å². The van der Waals surface area contributed by atoms with Gasteiger partial charge < -0.3 is 9.32 Å². The molecule has 1 aliphatic rings. The quantitative estimate of drug-likeness (QED) is 0.870. The van der Waals surface area contributed by atoms with Gasteiger partial charge in [-0.2, -0.15) is 0 Å². The summed E-state index contributed by atoms with van der Waals surface area (Å²) in [5.41, 5.74) is 3.38. The molecule has 2 heterocycles. The highest BCUT2D eigenvalue weighted by Gasteiger charge is 2.33. The molecule has 1 saturated heterocycles. The highest BCUT2D eigenvalue weighted by Crippen LogP contribution is 2.24. The molecule has 0 radical (unpaired) electrons. The molecule has 1 aromatic heterocycles. The van der Waals surface area contributed by atoms with Crippen LogP contribution in [0, 0.1) is 26.7 Å². The Bertz CT molecular complexity index is 669. The van der Waals surface area contributed by atoms with Crippen LogP contribution in [-0.2, 0) is 6.42 Å². The Morgan fingerprint density at radius 1 is 1.29 bits per heavy atom. The lowest BCUT2D eigenvalue weighted by Crippen LogP contribution is -2.50. The number of hydrogen-bond acceptors (Lipinski definition) is 3. The van der Waals surface area contributed by atoms with E-state index in [0.29, 0.717) is 23.3 Å². The molecule has 0 N–H and O–H groups in total. The van der Waals surface area contributed by atoms with Crippen LogP contribution in [0.5, 0.6) is 0 Å². The van der Waals surface area contributed by atoms with E-state index in [-0.39, 0.29) is 5.91 Å². The number of carbonyl (C=O) groups is 1. The second-order valence-electron chi connectivity index (χ2n) is 5.85. The summed E-state index contributed by atoms with van der Waals surface area (Å²) < 4.78 is 5.40. The number of hydrogen-bond donors (Lipinski definition) is 0. The summed E-state index contributed by atoms with van der Waals surface area (Å²) in [5.74, 6) is 1.45. The fourth-order valence-electron chi connectivity index (χ4n) is 2.89. The first-order chi connectivity index (χ1) is 10.0. The van der Waals surface area contributed by atoms with Crippen molar-refractivity contribution < 1.29 is 9.21 Å². The number of rotatable bonds is 3. The Balaban J connectivity index is 1.60. The molecule has 0 bridgehead atoms. The number of oxazole rings is 1. The molecule has 1 fully saturated rings. The number of aryl methyl sites for hydroxylation is 3. The lowest BCUT2D eigenvalue weighted by Gasteiger charge is -2.39. The fourth-order valence-corrected chi connectivity index (χ4v) is 2.89. The highest BCUT2D eigenvalue weighted by atomic mass is 16.4. The normalized spacial score (nSPS) is 15.1. The first-order valence-corrected chi connectivity index (χ1v) is 7.32. The third kappa shape index (κ3) is 2.71. The smallest absolute Gasteiger partial charge is 0.291 e. The molecule has 0 unspecified atom stereocenters. The summed E-state index contributed by atoms with van der Waals surface area (Å²) in [7, 11) is 0. The molecular weight excluding hydrogens is 264 g/mol. The number of aromatic nitrogens is 1. The van der Waals surface area contributed by atoms with Gasteiger partial charge in [-0.05, 0) is 37.3 Å². The van der Waals surface area contributed by atoms with Crippen molar-refractivity contribution in [1.29, 1.82) is 0 Å². The summed E-state index contributed by atoms with van der Waals surface area (Å²) in [4.78, 5) is 18.3. The molecule has 1 amide bonds. The number of carbonyl (C=O) groups excluding carboxylic acids is 1. The van der Waals surface area contributed by atoms with Gasteiger partial charge in [0.2, 0.25) is 5.76 Å². The minimum absolute atomic E-state index is 0.0332. The summed E-state index contributed by atoms with van der Waals surface area (Å²) in [6.45, 7) is 7.31. The molecule has 4 heteroatoms. The molecule has 3 rings (SSSR count). The summed E-state index contributed by atoms with van der Waals surface area (Å²) in [6, 6.07) is 8.44. The number of amides is 1. The maximum atomic E-state index is 12.3. The summed E-state index contributed by atoms with van der Waals surface area (Å²) >= 11 is 0. The van der Waals surface area contributed by atoms with Crippen LogP contribution in [0.25, 0.3) is 0 Å². The molecule has 110 valence electrons. The van der Waals surface area contributed by atoms with Crippen molar-refractivity contribution in [2.75, 3.05) is 13.1 Å². The van der Waals surface area contributed by atoms with Crippen LogP contribution in [0.4, 0.5) is 0 Å². The molecule has 2 aromatic rings. The van der Waals surface area contributed by atoms with Gasteiger partial charge in [-0.3, -0.25) is 4.79 Å². The Morgan fingerprint density at radius 3 is 2.62 bits per heavy atom. The van der Waals surface area contributed by atoms with Crippen LogP contribution in [0.3, 0.4) is 0 Å². The summed E-state index contributed by atoms with van der Waals surface area (Å²) in [6.07, 6.45) is 1.03. The van der Waals surface area contributed by atoms with Gasteiger partial charge in [0.1, 0.15) is 0 Å². The van der Waals surface area contributed by atoms with E-state index in [2.05, 4.69) is 36.2 Å². The number of nitrogens with zero attached hydrogens (tertiary/aromatic N) is 2. The van der Waals surface area contributed by atoms with Gasteiger partial charge in [-0.1, -0.05) is 24.3 Å². The molecule has 0 aliphatic carbocycles. The van der Waals surface area contributed by atoms with Gasteiger partial charge in [-0.25, -0.2) is 4.98 Å². The third-order valence-electron chi connectivity index (χ3n) is 4.11. The standard InChI is InChI=1S/C17H20N2O2/c1-11-6-4-5-7-15(11)8-14-9-19(10-14)17(20)16-12(2)18-13(3)21-16/h4-7,14H,8-10H2,1-3H3. The summed E-state index contributed by atoms with van der Waals surface area (Å²) in [5, 5.41) is 0. The van der Waals surface area contributed by atoms with E-state index in [0.717, 1.165) is 19.5 Å². The Labute approximate surface area is 124 Å². The first-order valence-electron chi connectivity index (χ1n) is 7.32. The van der Waals surface area contributed by atoms with Crippen LogP contribution >= 0.6 is 0 Å². The topological polar surface area (TPSA) is 46.3 Å². The first kappa shape index (κ1) is 13.9. The minimum atomic E-state index is -0.0332. The van der Waals surface area contributed by atoms with Crippen LogP contribution in [-0.4, -0.2) is 28.9 Å². The monoisotopic (exact) mass is 284 g/mol. The van der Waals surface area contributed by atoms with E-state index < -0.39 is 0 Å². The molecule has 21 heavy (non-hydrogen) atoms. The van der Waals surface area contributed by atoms with Gasteiger partial charge in [0.25, 0.3) is 5.91 Å². The third-order valence-corrected chi connectivity index (χ3v) is 4.11. The SMILES string of the molecule is Cc1nc(C)c(C(=O)N2CC(Cc3ccccc3C)C2)o1. The molecule has 1 aromatic carbocycles. The van der Waals surface area contributed by atoms with Crippen molar-refractivity contribution >= 4 is 5.91 Å². The van der Waals surface area contributed by atoms with E-state index in [4.69, 9.17) is 4.42 Å². The maximum absolute atomic E-state index is 12.3. The molecule has 0 saturated carbocycles. The van der Waals surface area contributed by atoms with Crippen molar-refractivity contribution in [3.05, 3.63) is 52.7 Å². The van der Waals surface area contributed by atoms with Crippen LogP contribution < -0.4 is 0 Å². The molecule has 4 nitrogen and oxygen atoms in total. The predicted molar refractivity (Wildman–Crippen MR) is 80.3 cm³/mol. The van der Waals surface area contributed by atoms with Crippen molar-refractivity contribution in [2.24, 2.45) is 5.92 Å².